The van der Waals surface area contributed by atoms with Crippen LogP contribution in [-0.2, 0) is 0 Å². The third-order valence-electron chi connectivity index (χ3n) is 3.06. The minimum Gasteiger partial charge on any atom is -0.494 e. The highest BCUT2D eigenvalue weighted by Crippen LogP contribution is 2.32. The lowest BCUT2D eigenvalue weighted by Crippen LogP contribution is -2.22. The van der Waals surface area contributed by atoms with E-state index in [1.807, 2.05) is 31.2 Å². The molecule has 19 heavy (non-hydrogen) atoms. The number of hydrogen-bond acceptors (Lipinski definition) is 2. The van der Waals surface area contributed by atoms with E-state index in [1.165, 1.54) is 0 Å². The second-order valence-corrected chi connectivity index (χ2v) is 4.62. The predicted molar refractivity (Wildman–Crippen MR) is 81.0 cm³/mol. The highest BCUT2D eigenvalue weighted by Gasteiger charge is 2.18. The molecule has 0 saturated carbocycles. The fourth-order valence-corrected chi connectivity index (χ4v) is 2.28. The molecule has 0 N–H and O–H groups in total. The van der Waals surface area contributed by atoms with Gasteiger partial charge in [0.1, 0.15) is 5.75 Å². The van der Waals surface area contributed by atoms with Gasteiger partial charge < -0.3 is 9.64 Å². The number of benzene rings is 1. The first-order valence-corrected chi connectivity index (χ1v) is 6.82. The fraction of sp³-hybridized carbons (Fsp3) is 0.250. The Balaban J connectivity index is 2.32. The maximum absolute atomic E-state index is 6.12. The number of halogens is 1. The van der Waals surface area contributed by atoms with Crippen LogP contribution in [0.2, 0.25) is 0 Å². The number of rotatable bonds is 4. The molecule has 0 saturated heterocycles. The van der Waals surface area contributed by atoms with E-state index >= 15 is 0 Å². The molecule has 0 radical (unpaired) electrons. The van der Waals surface area contributed by atoms with Crippen molar-refractivity contribution in [3.05, 3.63) is 59.3 Å². The van der Waals surface area contributed by atoms with Crippen LogP contribution in [0.4, 0.5) is 0 Å². The highest BCUT2D eigenvalue weighted by atomic mass is 35.5. The maximum atomic E-state index is 6.12. The normalized spacial score (nSPS) is 15.1. The quantitative estimate of drug-likeness (QED) is 0.808. The molecule has 0 aromatic heterocycles. The van der Waals surface area contributed by atoms with Crippen LogP contribution >= 0.6 is 11.6 Å². The largest absolute Gasteiger partial charge is 0.494 e. The van der Waals surface area contributed by atoms with Crippen molar-refractivity contribution in [2.75, 3.05) is 13.2 Å². The van der Waals surface area contributed by atoms with Crippen molar-refractivity contribution in [3.8, 4) is 5.75 Å². The smallest absolute Gasteiger partial charge is 0.119 e. The van der Waals surface area contributed by atoms with Gasteiger partial charge in [-0.3, -0.25) is 0 Å². The average Bonchev–Trinajstić information content (AvgIpc) is 2.43. The van der Waals surface area contributed by atoms with E-state index in [-0.39, 0.29) is 0 Å². The molecule has 0 unspecified atom stereocenters. The van der Waals surface area contributed by atoms with E-state index in [2.05, 4.69) is 30.5 Å². The molecule has 3 heteroatoms. The summed E-state index contributed by atoms with van der Waals surface area (Å²) in [4.78, 5) is 2.11. The zero-order chi connectivity index (χ0) is 13.8. The van der Waals surface area contributed by atoms with E-state index in [0.717, 1.165) is 29.3 Å². The van der Waals surface area contributed by atoms with Crippen LogP contribution < -0.4 is 4.74 Å². The molecule has 0 spiro atoms. The minimum atomic E-state index is 0.679. The SMILES string of the molecule is C=C1C(Cl)=CC=C(c2ccc(OCC)cc2)N1CC. The van der Waals surface area contributed by atoms with Gasteiger partial charge in [-0.15, -0.1) is 0 Å². The molecule has 0 atom stereocenters. The Bertz CT molecular complexity index is 528. The summed E-state index contributed by atoms with van der Waals surface area (Å²) < 4.78 is 5.46. The number of allylic oxidation sites excluding steroid dienone is 3. The minimum absolute atomic E-state index is 0.679. The summed E-state index contributed by atoms with van der Waals surface area (Å²) in [6.45, 7) is 9.61. The Kier molecular flexibility index (Phi) is 4.33. The molecule has 2 nitrogen and oxygen atoms in total. The van der Waals surface area contributed by atoms with Gasteiger partial charge in [-0.05, 0) is 55.8 Å². The number of nitrogens with zero attached hydrogens (tertiary/aromatic N) is 1. The zero-order valence-electron chi connectivity index (χ0n) is 11.3. The highest BCUT2D eigenvalue weighted by molar-refractivity contribution is 6.32. The van der Waals surface area contributed by atoms with Gasteiger partial charge in [-0.25, -0.2) is 0 Å². The van der Waals surface area contributed by atoms with Crippen LogP contribution in [0.1, 0.15) is 19.4 Å². The van der Waals surface area contributed by atoms with E-state index in [4.69, 9.17) is 16.3 Å². The first-order chi connectivity index (χ1) is 9.17. The zero-order valence-corrected chi connectivity index (χ0v) is 12.1. The van der Waals surface area contributed by atoms with Crippen molar-refractivity contribution < 1.29 is 4.74 Å². The molecule has 0 bridgehead atoms. The first kappa shape index (κ1) is 13.8. The average molecular weight is 276 g/mol. The molecule has 0 amide bonds. The van der Waals surface area contributed by atoms with Gasteiger partial charge in [0.15, 0.2) is 0 Å². The standard InChI is InChI=1S/C16H18ClNO/c1-4-18-12(3)15(17)10-11-16(18)13-6-8-14(9-7-13)19-5-2/h6-11H,3-5H2,1-2H3. The molecular weight excluding hydrogens is 258 g/mol. The molecule has 2 rings (SSSR count). The lowest BCUT2D eigenvalue weighted by molar-refractivity contribution is 0.340. The van der Waals surface area contributed by atoms with E-state index in [0.29, 0.717) is 11.6 Å². The van der Waals surface area contributed by atoms with Crippen LogP contribution in [0.15, 0.2) is 53.7 Å². The predicted octanol–water partition coefficient (Wildman–Crippen LogP) is 4.40. The van der Waals surface area contributed by atoms with E-state index in [9.17, 15) is 0 Å². The molecule has 1 heterocycles. The summed E-state index contributed by atoms with van der Waals surface area (Å²) in [5.41, 5.74) is 3.09. The summed E-state index contributed by atoms with van der Waals surface area (Å²) in [7, 11) is 0. The summed E-state index contributed by atoms with van der Waals surface area (Å²) in [6, 6.07) is 8.08. The number of ether oxygens (including phenoxy) is 1. The molecule has 1 aliphatic rings. The van der Waals surface area contributed by atoms with Gasteiger partial charge in [0.25, 0.3) is 0 Å². The van der Waals surface area contributed by atoms with Crippen molar-refractivity contribution in [2.45, 2.75) is 13.8 Å². The lowest BCUT2D eigenvalue weighted by Gasteiger charge is -2.30. The second kappa shape index (κ2) is 5.98. The molecule has 1 aromatic rings. The van der Waals surface area contributed by atoms with Crippen molar-refractivity contribution >= 4 is 17.3 Å². The van der Waals surface area contributed by atoms with Gasteiger partial charge >= 0.3 is 0 Å². The molecule has 1 aliphatic heterocycles. The summed E-state index contributed by atoms with van der Waals surface area (Å²) >= 11 is 6.12. The Morgan fingerprint density at radius 2 is 1.84 bits per heavy atom. The maximum Gasteiger partial charge on any atom is 0.119 e. The molecule has 100 valence electrons. The van der Waals surface area contributed by atoms with Crippen LogP contribution in [0, 0.1) is 0 Å². The molecule has 0 aliphatic carbocycles. The monoisotopic (exact) mass is 275 g/mol. The third kappa shape index (κ3) is 2.85. The number of likely N-dealkylation sites (N-methyl/N-ethyl adjacent to an activating group) is 1. The van der Waals surface area contributed by atoms with Crippen molar-refractivity contribution in [2.24, 2.45) is 0 Å². The Hall–Kier alpha value is -1.67. The fourth-order valence-electron chi connectivity index (χ4n) is 2.11. The van der Waals surface area contributed by atoms with Crippen molar-refractivity contribution in [3.63, 3.8) is 0 Å². The van der Waals surface area contributed by atoms with Crippen molar-refractivity contribution in [1.82, 2.24) is 4.90 Å². The van der Waals surface area contributed by atoms with Crippen LogP contribution in [-0.4, -0.2) is 18.1 Å². The summed E-state index contributed by atoms with van der Waals surface area (Å²) in [5, 5.41) is 0.691. The van der Waals surface area contributed by atoms with Gasteiger partial charge in [-0.1, -0.05) is 18.2 Å². The van der Waals surface area contributed by atoms with Crippen LogP contribution in [0.5, 0.6) is 5.75 Å². The van der Waals surface area contributed by atoms with E-state index in [1.54, 1.807) is 0 Å². The van der Waals surface area contributed by atoms with Crippen LogP contribution in [0.3, 0.4) is 0 Å². The van der Waals surface area contributed by atoms with Crippen LogP contribution in [0.25, 0.3) is 5.70 Å². The lowest BCUT2D eigenvalue weighted by atomic mass is 10.1. The van der Waals surface area contributed by atoms with Gasteiger partial charge in [-0.2, -0.15) is 0 Å². The summed E-state index contributed by atoms with van der Waals surface area (Å²) in [6.07, 6.45) is 3.91. The molecular formula is C16H18ClNO. The topological polar surface area (TPSA) is 12.5 Å². The van der Waals surface area contributed by atoms with Crippen molar-refractivity contribution in [1.29, 1.82) is 0 Å². The second-order valence-electron chi connectivity index (χ2n) is 4.21. The Morgan fingerprint density at radius 3 is 2.42 bits per heavy atom. The van der Waals surface area contributed by atoms with Gasteiger partial charge in [0.2, 0.25) is 0 Å². The van der Waals surface area contributed by atoms with Gasteiger partial charge in [0.05, 0.1) is 17.3 Å². The molecule has 1 aromatic carbocycles. The Labute approximate surface area is 119 Å². The third-order valence-corrected chi connectivity index (χ3v) is 3.40. The first-order valence-electron chi connectivity index (χ1n) is 6.45. The van der Waals surface area contributed by atoms with Gasteiger partial charge in [0, 0.05) is 12.2 Å². The Morgan fingerprint density at radius 1 is 1.16 bits per heavy atom. The van der Waals surface area contributed by atoms with E-state index < -0.39 is 0 Å². The number of hydrogen-bond donors (Lipinski definition) is 0. The molecule has 0 fully saturated rings. The summed E-state index contributed by atoms with van der Waals surface area (Å²) in [5.74, 6) is 0.887.